The molecule has 3 nitrogen and oxygen atoms in total. The molecule has 2 N–H and O–H groups in total. The summed E-state index contributed by atoms with van der Waals surface area (Å²) < 4.78 is 19.0. The highest BCUT2D eigenvalue weighted by Crippen LogP contribution is 2.23. The van der Waals surface area contributed by atoms with E-state index in [-0.39, 0.29) is 18.8 Å². The van der Waals surface area contributed by atoms with E-state index < -0.39 is 12.0 Å². The molecule has 0 saturated carbocycles. The molecule has 0 aliphatic carbocycles. The van der Waals surface area contributed by atoms with Crippen LogP contribution in [0.3, 0.4) is 0 Å². The Morgan fingerprint density at radius 1 is 1.24 bits per heavy atom. The summed E-state index contributed by atoms with van der Waals surface area (Å²) >= 11 is 0. The smallest absolute Gasteiger partial charge is 0.323 e. The van der Waals surface area contributed by atoms with Crippen molar-refractivity contribution in [2.45, 2.75) is 19.4 Å². The lowest BCUT2D eigenvalue weighted by Crippen LogP contribution is -2.34. The van der Waals surface area contributed by atoms with Gasteiger partial charge in [0.05, 0.1) is 6.61 Å². The van der Waals surface area contributed by atoms with E-state index in [0.29, 0.717) is 11.1 Å². The van der Waals surface area contributed by atoms with Crippen molar-refractivity contribution in [2.75, 3.05) is 6.61 Å². The van der Waals surface area contributed by atoms with Crippen molar-refractivity contribution in [2.24, 2.45) is 5.73 Å². The van der Waals surface area contributed by atoms with Crippen LogP contribution in [0.2, 0.25) is 0 Å². The van der Waals surface area contributed by atoms with Crippen molar-refractivity contribution < 1.29 is 13.9 Å². The molecule has 0 saturated heterocycles. The summed E-state index contributed by atoms with van der Waals surface area (Å²) in [5, 5.41) is 0. The molecular formula is C17H18FNO2. The molecule has 1 atom stereocenters. The number of benzene rings is 2. The number of halogens is 1. The van der Waals surface area contributed by atoms with Crippen LogP contribution in [-0.4, -0.2) is 18.6 Å². The lowest BCUT2D eigenvalue weighted by molar-refractivity contribution is -0.144. The number of carbonyl (C=O) groups is 1. The van der Waals surface area contributed by atoms with E-state index in [9.17, 15) is 9.18 Å². The van der Waals surface area contributed by atoms with Crippen LogP contribution in [0.25, 0.3) is 11.1 Å². The first-order valence-electron chi connectivity index (χ1n) is 6.88. The molecule has 0 spiro atoms. The van der Waals surface area contributed by atoms with Gasteiger partial charge in [-0.25, -0.2) is 4.39 Å². The predicted octanol–water partition coefficient (Wildman–Crippen LogP) is 2.93. The second-order valence-electron chi connectivity index (χ2n) is 4.74. The zero-order chi connectivity index (χ0) is 15.2. The van der Waals surface area contributed by atoms with Crippen LogP contribution in [0.15, 0.2) is 48.5 Å². The van der Waals surface area contributed by atoms with Crippen molar-refractivity contribution in [3.63, 3.8) is 0 Å². The number of hydrogen-bond donors (Lipinski definition) is 1. The fourth-order valence-corrected chi connectivity index (χ4v) is 2.12. The van der Waals surface area contributed by atoms with E-state index in [1.165, 1.54) is 6.07 Å². The van der Waals surface area contributed by atoms with Gasteiger partial charge in [-0.05, 0) is 30.5 Å². The van der Waals surface area contributed by atoms with Crippen molar-refractivity contribution in [1.82, 2.24) is 0 Å². The third-order valence-corrected chi connectivity index (χ3v) is 3.16. The largest absolute Gasteiger partial charge is 0.465 e. The highest BCUT2D eigenvalue weighted by atomic mass is 19.1. The minimum absolute atomic E-state index is 0.255. The molecule has 0 aromatic heterocycles. The summed E-state index contributed by atoms with van der Waals surface area (Å²) in [4.78, 5) is 11.5. The van der Waals surface area contributed by atoms with Gasteiger partial charge >= 0.3 is 5.97 Å². The van der Waals surface area contributed by atoms with Gasteiger partial charge in [-0.2, -0.15) is 0 Å². The van der Waals surface area contributed by atoms with Gasteiger partial charge in [0.2, 0.25) is 0 Å². The van der Waals surface area contributed by atoms with Crippen LogP contribution >= 0.6 is 0 Å². The Kier molecular flexibility index (Phi) is 5.06. The fraction of sp³-hybridized carbons (Fsp3) is 0.235. The Morgan fingerprint density at radius 2 is 1.95 bits per heavy atom. The number of hydrogen-bond acceptors (Lipinski definition) is 3. The van der Waals surface area contributed by atoms with Gasteiger partial charge in [0, 0.05) is 5.56 Å². The standard InChI is InChI=1S/C17H18FNO2/c1-2-21-17(20)16(19)11-12-8-9-14(15(18)10-12)13-6-4-3-5-7-13/h3-10,16H,2,11,19H2,1H3. The number of esters is 1. The third kappa shape index (κ3) is 3.89. The van der Waals surface area contributed by atoms with E-state index in [4.69, 9.17) is 10.5 Å². The minimum atomic E-state index is -0.771. The van der Waals surface area contributed by atoms with Gasteiger partial charge in [0.25, 0.3) is 0 Å². The van der Waals surface area contributed by atoms with E-state index in [1.807, 2.05) is 30.3 Å². The van der Waals surface area contributed by atoms with Crippen molar-refractivity contribution in [3.8, 4) is 11.1 Å². The molecular weight excluding hydrogens is 269 g/mol. The van der Waals surface area contributed by atoms with E-state index in [1.54, 1.807) is 19.1 Å². The Bertz CT molecular complexity index is 613. The van der Waals surface area contributed by atoms with Gasteiger partial charge in [-0.3, -0.25) is 4.79 Å². The fourth-order valence-electron chi connectivity index (χ4n) is 2.12. The average Bonchev–Trinajstić information content (AvgIpc) is 2.48. The number of nitrogens with two attached hydrogens (primary N) is 1. The maximum Gasteiger partial charge on any atom is 0.323 e. The van der Waals surface area contributed by atoms with Crippen LogP contribution in [-0.2, 0) is 16.0 Å². The molecule has 4 heteroatoms. The van der Waals surface area contributed by atoms with Gasteiger partial charge < -0.3 is 10.5 Å². The summed E-state index contributed by atoms with van der Waals surface area (Å²) in [5.41, 5.74) is 7.76. The predicted molar refractivity (Wildman–Crippen MR) is 80.1 cm³/mol. The van der Waals surface area contributed by atoms with Gasteiger partial charge in [-0.15, -0.1) is 0 Å². The highest BCUT2D eigenvalue weighted by Gasteiger charge is 2.16. The second kappa shape index (κ2) is 6.99. The molecule has 0 aliphatic rings. The van der Waals surface area contributed by atoms with Gasteiger partial charge in [0.1, 0.15) is 11.9 Å². The lowest BCUT2D eigenvalue weighted by Gasteiger charge is -2.11. The summed E-state index contributed by atoms with van der Waals surface area (Å²) in [6.45, 7) is 2.01. The average molecular weight is 287 g/mol. The normalized spacial score (nSPS) is 12.0. The van der Waals surface area contributed by atoms with Gasteiger partial charge in [-0.1, -0.05) is 42.5 Å². The van der Waals surface area contributed by atoms with E-state index >= 15 is 0 Å². The SMILES string of the molecule is CCOC(=O)C(N)Cc1ccc(-c2ccccc2)c(F)c1. The quantitative estimate of drug-likeness (QED) is 0.860. The molecule has 0 aliphatic heterocycles. The Balaban J connectivity index is 2.14. The lowest BCUT2D eigenvalue weighted by atomic mass is 10.0. The summed E-state index contributed by atoms with van der Waals surface area (Å²) in [6.07, 6.45) is 0.255. The van der Waals surface area contributed by atoms with Crippen LogP contribution in [0, 0.1) is 5.82 Å². The van der Waals surface area contributed by atoms with E-state index in [0.717, 1.165) is 5.56 Å². The Labute approximate surface area is 123 Å². The van der Waals surface area contributed by atoms with Crippen LogP contribution in [0.4, 0.5) is 4.39 Å². The topological polar surface area (TPSA) is 52.3 Å². The first-order chi connectivity index (χ1) is 10.1. The zero-order valence-corrected chi connectivity index (χ0v) is 11.9. The molecule has 2 aromatic rings. The number of rotatable bonds is 5. The van der Waals surface area contributed by atoms with E-state index in [2.05, 4.69) is 0 Å². The first-order valence-corrected chi connectivity index (χ1v) is 6.88. The third-order valence-electron chi connectivity index (χ3n) is 3.16. The molecule has 1 unspecified atom stereocenters. The van der Waals surface area contributed by atoms with Crippen LogP contribution in [0.1, 0.15) is 12.5 Å². The summed E-state index contributed by atoms with van der Waals surface area (Å²) in [5.74, 6) is -0.792. The van der Waals surface area contributed by atoms with Crippen molar-refractivity contribution in [1.29, 1.82) is 0 Å². The molecule has 0 radical (unpaired) electrons. The highest BCUT2D eigenvalue weighted by molar-refractivity contribution is 5.76. The van der Waals surface area contributed by atoms with Gasteiger partial charge in [0.15, 0.2) is 0 Å². The summed E-state index contributed by atoms with van der Waals surface area (Å²) in [7, 11) is 0. The van der Waals surface area contributed by atoms with Crippen molar-refractivity contribution in [3.05, 3.63) is 59.9 Å². The molecule has 110 valence electrons. The first kappa shape index (κ1) is 15.2. The Morgan fingerprint density at radius 3 is 2.57 bits per heavy atom. The molecule has 0 fully saturated rings. The maximum atomic E-state index is 14.2. The molecule has 21 heavy (non-hydrogen) atoms. The molecule has 0 heterocycles. The molecule has 2 aromatic carbocycles. The summed E-state index contributed by atoms with van der Waals surface area (Å²) in [6, 6.07) is 13.4. The minimum Gasteiger partial charge on any atom is -0.465 e. The maximum absolute atomic E-state index is 14.2. The zero-order valence-electron chi connectivity index (χ0n) is 11.9. The Hall–Kier alpha value is -2.20. The van der Waals surface area contributed by atoms with Crippen molar-refractivity contribution >= 4 is 5.97 Å². The molecule has 0 amide bonds. The molecule has 0 bridgehead atoms. The molecule has 2 rings (SSSR count). The van der Waals surface area contributed by atoms with Crippen LogP contribution < -0.4 is 5.73 Å². The number of ether oxygens (including phenoxy) is 1. The number of carbonyl (C=O) groups excluding carboxylic acids is 1. The second-order valence-corrected chi connectivity index (χ2v) is 4.74. The monoisotopic (exact) mass is 287 g/mol. The van der Waals surface area contributed by atoms with Crippen LogP contribution in [0.5, 0.6) is 0 Å².